The van der Waals surface area contributed by atoms with Crippen molar-refractivity contribution >= 4 is 17.9 Å². The second-order valence-corrected chi connectivity index (χ2v) is 3.08. The zero-order valence-electron chi connectivity index (χ0n) is 9.35. The van der Waals surface area contributed by atoms with Gasteiger partial charge in [0.25, 0.3) is 0 Å². The number of carboxylic acids is 1. The Kier molecular flexibility index (Phi) is 4.21. The summed E-state index contributed by atoms with van der Waals surface area (Å²) in [6.07, 6.45) is 0. The fraction of sp³-hybridized carbons (Fsp3) is 0.333. The molecule has 1 aromatic rings. The highest BCUT2D eigenvalue weighted by Gasteiger charge is 2.07. The van der Waals surface area contributed by atoms with Gasteiger partial charge in [0.1, 0.15) is 6.54 Å². The smallest absolute Gasteiger partial charge is 0.323 e. The lowest BCUT2D eigenvalue weighted by Crippen LogP contribution is -2.33. The van der Waals surface area contributed by atoms with Crippen molar-refractivity contribution < 1.29 is 19.4 Å². The number of aliphatic carboxylic acids is 1. The standard InChI is InChI=1S/C9H12N4O4/c1-5-3-6(17-2)12-8(11-5)13-9(16)10-4-7(14)15/h3H,4H2,1-2H3,(H,14,15)(H2,10,11,12,13,16). The van der Waals surface area contributed by atoms with Gasteiger partial charge in [-0.1, -0.05) is 0 Å². The molecule has 0 saturated heterocycles. The van der Waals surface area contributed by atoms with E-state index < -0.39 is 18.5 Å². The van der Waals surface area contributed by atoms with E-state index in [-0.39, 0.29) is 5.95 Å². The number of anilines is 1. The first kappa shape index (κ1) is 12.7. The van der Waals surface area contributed by atoms with Crippen molar-refractivity contribution in [2.24, 2.45) is 0 Å². The SMILES string of the molecule is COc1cc(C)nc(NC(=O)NCC(=O)O)n1. The van der Waals surface area contributed by atoms with Crippen LogP contribution >= 0.6 is 0 Å². The van der Waals surface area contributed by atoms with Crippen LogP contribution in [-0.4, -0.2) is 40.7 Å². The molecule has 8 heteroatoms. The number of nitrogens with one attached hydrogen (secondary N) is 2. The van der Waals surface area contributed by atoms with E-state index in [4.69, 9.17) is 9.84 Å². The van der Waals surface area contributed by atoms with E-state index >= 15 is 0 Å². The van der Waals surface area contributed by atoms with Gasteiger partial charge >= 0.3 is 12.0 Å². The summed E-state index contributed by atoms with van der Waals surface area (Å²) in [5.41, 5.74) is 0.616. The van der Waals surface area contributed by atoms with Gasteiger partial charge in [0, 0.05) is 11.8 Å². The van der Waals surface area contributed by atoms with E-state index in [0.717, 1.165) is 0 Å². The Morgan fingerprint density at radius 3 is 2.76 bits per heavy atom. The second-order valence-electron chi connectivity index (χ2n) is 3.08. The van der Waals surface area contributed by atoms with Gasteiger partial charge < -0.3 is 15.2 Å². The molecule has 1 heterocycles. The highest BCUT2D eigenvalue weighted by atomic mass is 16.5. The Morgan fingerprint density at radius 1 is 1.47 bits per heavy atom. The number of carbonyl (C=O) groups is 2. The zero-order chi connectivity index (χ0) is 12.8. The minimum absolute atomic E-state index is 0.0461. The Labute approximate surface area is 97.0 Å². The Bertz CT molecular complexity index is 435. The Balaban J connectivity index is 2.64. The molecule has 1 aromatic heterocycles. The number of ether oxygens (including phenoxy) is 1. The fourth-order valence-electron chi connectivity index (χ4n) is 1.00. The van der Waals surface area contributed by atoms with E-state index in [1.54, 1.807) is 13.0 Å². The number of aromatic nitrogens is 2. The summed E-state index contributed by atoms with van der Waals surface area (Å²) in [5, 5.41) is 12.8. The van der Waals surface area contributed by atoms with E-state index in [1.807, 2.05) is 0 Å². The first-order valence-corrected chi connectivity index (χ1v) is 4.67. The number of amides is 2. The minimum atomic E-state index is -1.14. The quantitative estimate of drug-likeness (QED) is 0.682. The number of nitrogens with zero attached hydrogens (tertiary/aromatic N) is 2. The van der Waals surface area contributed by atoms with E-state index in [0.29, 0.717) is 11.6 Å². The number of rotatable bonds is 4. The van der Waals surface area contributed by atoms with Crippen LogP contribution in [0, 0.1) is 6.92 Å². The topological polar surface area (TPSA) is 113 Å². The molecule has 92 valence electrons. The molecule has 0 spiro atoms. The molecule has 0 aliphatic heterocycles. The van der Waals surface area contributed by atoms with E-state index in [9.17, 15) is 9.59 Å². The number of carbonyl (C=O) groups excluding carboxylic acids is 1. The van der Waals surface area contributed by atoms with Gasteiger partial charge in [0.05, 0.1) is 7.11 Å². The first-order valence-electron chi connectivity index (χ1n) is 4.67. The predicted molar refractivity (Wildman–Crippen MR) is 58.0 cm³/mol. The molecule has 0 saturated carbocycles. The van der Waals surface area contributed by atoms with Crippen LogP contribution in [-0.2, 0) is 4.79 Å². The number of hydrogen-bond acceptors (Lipinski definition) is 5. The molecule has 0 atom stereocenters. The average Bonchev–Trinajstić information content (AvgIpc) is 2.25. The lowest BCUT2D eigenvalue weighted by atomic mass is 10.4. The monoisotopic (exact) mass is 240 g/mol. The molecule has 0 aliphatic carbocycles. The number of carboxylic acid groups (broad SMARTS) is 1. The molecule has 17 heavy (non-hydrogen) atoms. The Morgan fingerprint density at radius 2 is 2.18 bits per heavy atom. The van der Waals surface area contributed by atoms with Gasteiger partial charge in [0.15, 0.2) is 0 Å². The van der Waals surface area contributed by atoms with Crippen molar-refractivity contribution in [1.29, 1.82) is 0 Å². The van der Waals surface area contributed by atoms with Crippen molar-refractivity contribution in [3.05, 3.63) is 11.8 Å². The number of methoxy groups -OCH3 is 1. The maximum absolute atomic E-state index is 11.2. The average molecular weight is 240 g/mol. The fourth-order valence-corrected chi connectivity index (χ4v) is 1.00. The number of hydrogen-bond donors (Lipinski definition) is 3. The summed E-state index contributed by atoms with van der Waals surface area (Å²) in [6, 6.07) is 0.903. The first-order chi connectivity index (χ1) is 8.01. The van der Waals surface area contributed by atoms with Crippen molar-refractivity contribution in [1.82, 2.24) is 15.3 Å². The molecule has 0 radical (unpaired) electrons. The molecule has 2 amide bonds. The van der Waals surface area contributed by atoms with Crippen molar-refractivity contribution in [2.45, 2.75) is 6.92 Å². The summed E-state index contributed by atoms with van der Waals surface area (Å²) in [6.45, 7) is 1.24. The van der Waals surface area contributed by atoms with Gasteiger partial charge in [0.2, 0.25) is 11.8 Å². The highest BCUT2D eigenvalue weighted by Crippen LogP contribution is 2.10. The van der Waals surface area contributed by atoms with Crippen LogP contribution in [0.4, 0.5) is 10.7 Å². The normalized spacial score (nSPS) is 9.53. The summed E-state index contributed by atoms with van der Waals surface area (Å²) >= 11 is 0. The third kappa shape index (κ3) is 4.33. The summed E-state index contributed by atoms with van der Waals surface area (Å²) in [7, 11) is 1.44. The maximum Gasteiger partial charge on any atom is 0.323 e. The molecule has 0 aliphatic rings. The summed E-state index contributed by atoms with van der Waals surface area (Å²) in [5.74, 6) is -0.779. The molecule has 3 N–H and O–H groups in total. The molecule has 1 rings (SSSR count). The second kappa shape index (κ2) is 5.64. The molecule has 0 bridgehead atoms. The van der Waals surface area contributed by atoms with Crippen molar-refractivity contribution in [2.75, 3.05) is 19.0 Å². The summed E-state index contributed by atoms with van der Waals surface area (Å²) < 4.78 is 4.90. The largest absolute Gasteiger partial charge is 0.481 e. The number of urea groups is 1. The van der Waals surface area contributed by atoms with Crippen LogP contribution < -0.4 is 15.4 Å². The summed E-state index contributed by atoms with van der Waals surface area (Å²) in [4.78, 5) is 29.2. The lowest BCUT2D eigenvalue weighted by Gasteiger charge is -2.06. The molecule has 0 fully saturated rings. The van der Waals surface area contributed by atoms with Crippen LogP contribution in [0.25, 0.3) is 0 Å². The van der Waals surface area contributed by atoms with Crippen molar-refractivity contribution in [3.8, 4) is 5.88 Å². The number of aryl methyl sites for hydroxylation is 1. The lowest BCUT2D eigenvalue weighted by molar-refractivity contribution is -0.135. The minimum Gasteiger partial charge on any atom is -0.481 e. The maximum atomic E-state index is 11.2. The van der Waals surface area contributed by atoms with Crippen LogP contribution in [0.5, 0.6) is 5.88 Å². The highest BCUT2D eigenvalue weighted by molar-refractivity contribution is 5.89. The van der Waals surface area contributed by atoms with Gasteiger partial charge in [-0.25, -0.2) is 9.78 Å². The van der Waals surface area contributed by atoms with Gasteiger partial charge in [-0.05, 0) is 6.92 Å². The Hall–Kier alpha value is -2.38. The molecule has 0 unspecified atom stereocenters. The van der Waals surface area contributed by atoms with Crippen LogP contribution in [0.1, 0.15) is 5.69 Å². The zero-order valence-corrected chi connectivity index (χ0v) is 9.35. The molecular formula is C9H12N4O4. The van der Waals surface area contributed by atoms with E-state index in [2.05, 4.69) is 20.6 Å². The van der Waals surface area contributed by atoms with Gasteiger partial charge in [-0.15, -0.1) is 0 Å². The van der Waals surface area contributed by atoms with Gasteiger partial charge in [-0.3, -0.25) is 10.1 Å². The molecular weight excluding hydrogens is 228 g/mol. The molecule has 8 nitrogen and oxygen atoms in total. The van der Waals surface area contributed by atoms with Crippen LogP contribution in [0.3, 0.4) is 0 Å². The predicted octanol–water partition coefficient (Wildman–Crippen LogP) is -0.000280. The van der Waals surface area contributed by atoms with Crippen LogP contribution in [0.2, 0.25) is 0 Å². The van der Waals surface area contributed by atoms with Crippen LogP contribution in [0.15, 0.2) is 6.07 Å². The molecule has 0 aromatic carbocycles. The van der Waals surface area contributed by atoms with E-state index in [1.165, 1.54) is 7.11 Å². The van der Waals surface area contributed by atoms with Crippen molar-refractivity contribution in [3.63, 3.8) is 0 Å². The third-order valence-electron chi connectivity index (χ3n) is 1.67. The third-order valence-corrected chi connectivity index (χ3v) is 1.67. The van der Waals surface area contributed by atoms with Gasteiger partial charge in [-0.2, -0.15) is 4.98 Å².